The van der Waals surface area contributed by atoms with Crippen LogP contribution in [0.5, 0.6) is 0 Å². The van der Waals surface area contributed by atoms with E-state index in [1.807, 2.05) is 36.4 Å². The van der Waals surface area contributed by atoms with E-state index in [-0.39, 0.29) is 17.0 Å². The maximum Gasteiger partial charge on any atom is 0.282 e. The lowest BCUT2D eigenvalue weighted by Crippen LogP contribution is -2.33. The first kappa shape index (κ1) is 19.6. The Kier molecular flexibility index (Phi) is 4.75. The summed E-state index contributed by atoms with van der Waals surface area (Å²) in [6.07, 6.45) is 0. The van der Waals surface area contributed by atoms with Crippen molar-refractivity contribution in [3.05, 3.63) is 114 Å². The van der Waals surface area contributed by atoms with Gasteiger partial charge in [0, 0.05) is 11.1 Å². The Morgan fingerprint density at radius 2 is 1.38 bits per heavy atom. The molecule has 0 unspecified atom stereocenters. The minimum atomic E-state index is -0.695. The van der Waals surface area contributed by atoms with E-state index in [1.54, 1.807) is 12.1 Å². The van der Waals surface area contributed by atoms with Gasteiger partial charge in [0.1, 0.15) is 17.3 Å². The molecule has 0 atom stereocenters. The summed E-state index contributed by atoms with van der Waals surface area (Å²) in [4.78, 5) is 27.6. The Hall–Kier alpha value is -4.32. The Morgan fingerprint density at radius 3 is 2.16 bits per heavy atom. The predicted molar refractivity (Wildman–Crippen MR) is 120 cm³/mol. The maximum absolute atomic E-state index is 14.5. The fourth-order valence-electron chi connectivity index (χ4n) is 3.85. The van der Waals surface area contributed by atoms with Crippen molar-refractivity contribution >= 4 is 39.5 Å². The van der Waals surface area contributed by atoms with Gasteiger partial charge in [0.15, 0.2) is 0 Å². The van der Waals surface area contributed by atoms with Gasteiger partial charge in [0.25, 0.3) is 11.8 Å². The molecule has 0 radical (unpaired) electrons. The maximum atomic E-state index is 14.5. The zero-order valence-corrected chi connectivity index (χ0v) is 16.7. The van der Waals surface area contributed by atoms with Crippen molar-refractivity contribution in [2.24, 2.45) is 0 Å². The number of hydrogen-bond acceptors (Lipinski definition) is 3. The summed E-state index contributed by atoms with van der Waals surface area (Å²) in [5.74, 6) is -2.54. The summed E-state index contributed by atoms with van der Waals surface area (Å²) in [7, 11) is 0. The number of carbonyl (C=O) groups excluding carboxylic acids is 2. The molecule has 1 aliphatic heterocycles. The number of amides is 2. The topological polar surface area (TPSA) is 49.4 Å². The lowest BCUT2D eigenvalue weighted by Gasteiger charge is -2.16. The quantitative estimate of drug-likeness (QED) is 0.438. The smallest absolute Gasteiger partial charge is 0.282 e. The van der Waals surface area contributed by atoms with Crippen LogP contribution in [0.15, 0.2) is 96.7 Å². The first-order chi connectivity index (χ1) is 15.5. The van der Waals surface area contributed by atoms with Crippen molar-refractivity contribution in [2.75, 3.05) is 10.2 Å². The molecule has 0 spiro atoms. The largest absolute Gasteiger partial charge is 0.350 e. The summed E-state index contributed by atoms with van der Waals surface area (Å²) in [5.41, 5.74) is 0.879. The number of carbonyl (C=O) groups is 2. The van der Waals surface area contributed by atoms with Crippen LogP contribution in [0.1, 0.15) is 5.56 Å². The van der Waals surface area contributed by atoms with Gasteiger partial charge in [0.05, 0.1) is 11.3 Å². The van der Waals surface area contributed by atoms with E-state index < -0.39 is 23.4 Å². The predicted octanol–water partition coefficient (Wildman–Crippen LogP) is 5.51. The van der Waals surface area contributed by atoms with Crippen LogP contribution < -0.4 is 10.2 Å². The third-order valence-electron chi connectivity index (χ3n) is 5.36. The van der Waals surface area contributed by atoms with Gasteiger partial charge in [0.2, 0.25) is 0 Å². The van der Waals surface area contributed by atoms with Crippen LogP contribution in [0.2, 0.25) is 0 Å². The fraction of sp³-hybridized carbons (Fsp3) is 0. The molecule has 0 aliphatic carbocycles. The zero-order chi connectivity index (χ0) is 22.2. The molecule has 0 fully saturated rings. The van der Waals surface area contributed by atoms with Gasteiger partial charge in [-0.15, -0.1) is 0 Å². The average Bonchev–Trinajstić information content (AvgIpc) is 3.04. The normalized spacial score (nSPS) is 13.9. The molecule has 1 N–H and O–H groups in total. The molecule has 4 aromatic rings. The molecule has 0 bridgehead atoms. The Balaban J connectivity index is 1.68. The molecule has 2 amide bonds. The van der Waals surface area contributed by atoms with Crippen molar-refractivity contribution < 1.29 is 18.4 Å². The van der Waals surface area contributed by atoms with Gasteiger partial charge in [-0.25, -0.2) is 13.7 Å². The summed E-state index contributed by atoms with van der Waals surface area (Å²) >= 11 is 0. The molecule has 0 saturated heterocycles. The molecular formula is C26H16F2N2O2. The van der Waals surface area contributed by atoms with Crippen molar-refractivity contribution in [1.29, 1.82) is 0 Å². The van der Waals surface area contributed by atoms with Gasteiger partial charge in [-0.1, -0.05) is 60.7 Å². The van der Waals surface area contributed by atoms with E-state index in [0.29, 0.717) is 11.3 Å². The molecule has 1 heterocycles. The minimum Gasteiger partial charge on any atom is -0.350 e. The molecule has 0 aromatic heterocycles. The third kappa shape index (κ3) is 3.22. The molecule has 32 heavy (non-hydrogen) atoms. The first-order valence-electron chi connectivity index (χ1n) is 9.93. The number of fused-ring (bicyclic) bond motifs is 1. The Morgan fingerprint density at radius 1 is 0.688 bits per heavy atom. The number of rotatable bonds is 4. The number of nitrogens with zero attached hydrogens (tertiary/aromatic N) is 1. The molecule has 0 saturated carbocycles. The second kappa shape index (κ2) is 7.74. The highest BCUT2D eigenvalue weighted by atomic mass is 19.1. The highest BCUT2D eigenvalue weighted by Gasteiger charge is 2.41. The second-order valence-corrected chi connectivity index (χ2v) is 7.31. The lowest BCUT2D eigenvalue weighted by atomic mass is 10.0. The van der Waals surface area contributed by atoms with Crippen molar-refractivity contribution in [1.82, 2.24) is 0 Å². The van der Waals surface area contributed by atoms with Crippen LogP contribution >= 0.6 is 0 Å². The van der Waals surface area contributed by atoms with Crippen LogP contribution in [0.25, 0.3) is 16.3 Å². The lowest BCUT2D eigenvalue weighted by molar-refractivity contribution is -0.120. The Labute approximate surface area is 182 Å². The average molecular weight is 426 g/mol. The number of halogens is 2. The summed E-state index contributed by atoms with van der Waals surface area (Å²) in [6, 6.07) is 24.0. The number of para-hydroxylation sites is 1. The van der Waals surface area contributed by atoms with Gasteiger partial charge >= 0.3 is 0 Å². The highest BCUT2D eigenvalue weighted by molar-refractivity contribution is 6.46. The van der Waals surface area contributed by atoms with Crippen LogP contribution in [0.3, 0.4) is 0 Å². The molecule has 6 heteroatoms. The standard InChI is InChI=1S/C26H16F2N2O2/c27-18-14-12-17(13-15-18)23-24(29-21-10-5-7-16-6-1-2-8-19(16)21)26(32)30(25(23)31)22-11-4-3-9-20(22)28/h1-15,29H. The van der Waals surface area contributed by atoms with Gasteiger partial charge in [-0.2, -0.15) is 0 Å². The number of benzene rings is 4. The molecule has 4 aromatic carbocycles. The molecular weight excluding hydrogens is 410 g/mol. The van der Waals surface area contributed by atoms with Gasteiger partial charge in [-0.05, 0) is 41.3 Å². The number of imide groups is 1. The van der Waals surface area contributed by atoms with Crippen molar-refractivity contribution in [3.8, 4) is 0 Å². The number of anilines is 2. The van der Waals surface area contributed by atoms with Crippen molar-refractivity contribution in [3.63, 3.8) is 0 Å². The molecule has 4 nitrogen and oxygen atoms in total. The second-order valence-electron chi connectivity index (χ2n) is 7.31. The van der Waals surface area contributed by atoms with Crippen LogP contribution in [-0.4, -0.2) is 11.8 Å². The highest BCUT2D eigenvalue weighted by Crippen LogP contribution is 2.36. The fourth-order valence-corrected chi connectivity index (χ4v) is 3.85. The summed E-state index contributed by atoms with van der Waals surface area (Å²) in [6.45, 7) is 0. The van der Waals surface area contributed by atoms with E-state index in [1.165, 1.54) is 42.5 Å². The van der Waals surface area contributed by atoms with E-state index in [2.05, 4.69) is 5.32 Å². The zero-order valence-electron chi connectivity index (χ0n) is 16.7. The third-order valence-corrected chi connectivity index (χ3v) is 5.36. The minimum absolute atomic E-state index is 0.00112. The van der Waals surface area contributed by atoms with Gasteiger partial charge < -0.3 is 5.32 Å². The first-order valence-corrected chi connectivity index (χ1v) is 9.93. The Bertz CT molecular complexity index is 1410. The number of nitrogens with one attached hydrogen (secondary N) is 1. The van der Waals surface area contributed by atoms with E-state index in [0.717, 1.165) is 15.7 Å². The summed E-state index contributed by atoms with van der Waals surface area (Å²) < 4.78 is 28.0. The molecule has 1 aliphatic rings. The van der Waals surface area contributed by atoms with Crippen molar-refractivity contribution in [2.45, 2.75) is 0 Å². The molecule has 5 rings (SSSR count). The monoisotopic (exact) mass is 426 g/mol. The van der Waals surface area contributed by atoms with E-state index in [9.17, 15) is 18.4 Å². The van der Waals surface area contributed by atoms with Gasteiger partial charge in [-0.3, -0.25) is 9.59 Å². The summed E-state index contributed by atoms with van der Waals surface area (Å²) in [5, 5.41) is 4.90. The number of hydrogen-bond donors (Lipinski definition) is 1. The van der Waals surface area contributed by atoms with Crippen LogP contribution in [0, 0.1) is 11.6 Å². The van der Waals surface area contributed by atoms with Crippen LogP contribution in [-0.2, 0) is 9.59 Å². The SMILES string of the molecule is O=C1C(Nc2cccc3ccccc23)=C(c2ccc(F)cc2)C(=O)N1c1ccccc1F. The van der Waals surface area contributed by atoms with E-state index in [4.69, 9.17) is 0 Å². The molecule has 156 valence electrons. The van der Waals surface area contributed by atoms with Crippen LogP contribution in [0.4, 0.5) is 20.2 Å². The van der Waals surface area contributed by atoms with E-state index >= 15 is 0 Å².